The molecule has 0 saturated carbocycles. The second-order valence-electron chi connectivity index (χ2n) is 3.24. The first-order chi connectivity index (χ1) is 8.29. The Hall–Kier alpha value is -0.150. The van der Waals surface area contributed by atoms with E-state index in [9.17, 15) is 18.3 Å². The van der Waals surface area contributed by atoms with Crippen molar-refractivity contribution in [3.05, 3.63) is 35.8 Å². The molecule has 0 aromatic carbocycles. The highest BCUT2D eigenvalue weighted by Crippen LogP contribution is 2.40. The lowest BCUT2D eigenvalue weighted by Gasteiger charge is -2.04. The van der Waals surface area contributed by atoms with Gasteiger partial charge in [0.25, 0.3) is 0 Å². The maximum Gasteiger partial charge on any atom is 0.443 e. The van der Waals surface area contributed by atoms with E-state index in [-0.39, 0.29) is 4.88 Å². The maximum atomic E-state index is 12.4. The summed E-state index contributed by atoms with van der Waals surface area (Å²) in [6.45, 7) is 0. The van der Waals surface area contributed by atoms with Crippen molar-refractivity contribution in [1.29, 1.82) is 0 Å². The van der Waals surface area contributed by atoms with Gasteiger partial charge in [0.15, 0.2) is 5.01 Å². The van der Waals surface area contributed by atoms with Crippen LogP contribution in [0.15, 0.2) is 16.7 Å². The summed E-state index contributed by atoms with van der Waals surface area (Å²) in [6, 6.07) is 1.57. The zero-order valence-electron chi connectivity index (χ0n) is 8.33. The molecule has 2 aromatic heterocycles. The standard InChI is InChI=1S/C9H4BrClF3NOS2/c10-3-1-4(17-7(3)11)6(16)5-2-15-8(18-5)9(12,13)14/h1-2,6,16H. The maximum absolute atomic E-state index is 12.4. The number of alkyl halides is 3. The number of hydrogen-bond donors (Lipinski definition) is 1. The number of aliphatic hydroxyl groups is 1. The Balaban J connectivity index is 2.29. The van der Waals surface area contributed by atoms with Crippen LogP contribution in [0.4, 0.5) is 13.2 Å². The fourth-order valence-electron chi connectivity index (χ4n) is 1.18. The zero-order chi connectivity index (χ0) is 13.5. The van der Waals surface area contributed by atoms with Crippen molar-refractivity contribution in [2.75, 3.05) is 0 Å². The average Bonchev–Trinajstić information content (AvgIpc) is 2.85. The molecule has 2 rings (SSSR count). The quantitative estimate of drug-likeness (QED) is 0.820. The fraction of sp³-hybridized carbons (Fsp3) is 0.222. The third kappa shape index (κ3) is 2.88. The van der Waals surface area contributed by atoms with Gasteiger partial charge in [-0.2, -0.15) is 13.2 Å². The Morgan fingerprint density at radius 2 is 2.00 bits per heavy atom. The van der Waals surface area contributed by atoms with Crippen molar-refractivity contribution >= 4 is 50.2 Å². The lowest BCUT2D eigenvalue weighted by molar-refractivity contribution is -0.137. The van der Waals surface area contributed by atoms with E-state index in [0.717, 1.165) is 17.5 Å². The van der Waals surface area contributed by atoms with Gasteiger partial charge in [-0.15, -0.1) is 22.7 Å². The second kappa shape index (κ2) is 5.09. The molecule has 0 spiro atoms. The molecule has 1 N–H and O–H groups in total. The summed E-state index contributed by atoms with van der Waals surface area (Å²) in [4.78, 5) is 3.85. The summed E-state index contributed by atoms with van der Waals surface area (Å²) < 4.78 is 38.2. The van der Waals surface area contributed by atoms with Gasteiger partial charge in [0.05, 0.1) is 4.88 Å². The minimum atomic E-state index is -4.49. The van der Waals surface area contributed by atoms with E-state index in [2.05, 4.69) is 20.9 Å². The fourth-order valence-corrected chi connectivity index (χ4v) is 3.79. The van der Waals surface area contributed by atoms with Crippen molar-refractivity contribution in [2.45, 2.75) is 12.3 Å². The number of thiazole rings is 1. The molecule has 0 fully saturated rings. The number of hydrogen-bond acceptors (Lipinski definition) is 4. The Morgan fingerprint density at radius 3 is 2.44 bits per heavy atom. The number of thiophene rings is 1. The normalized spacial score (nSPS) is 13.9. The molecule has 1 unspecified atom stereocenters. The predicted octanol–water partition coefficient (Wildman–Crippen LogP) is 4.72. The summed E-state index contributed by atoms with van der Waals surface area (Å²) in [6.07, 6.45) is -4.61. The summed E-state index contributed by atoms with van der Waals surface area (Å²) in [5.41, 5.74) is 0. The number of nitrogens with zero attached hydrogens (tertiary/aromatic N) is 1. The first kappa shape index (κ1) is 14.3. The van der Waals surface area contributed by atoms with Crippen LogP contribution >= 0.6 is 50.2 Å². The Bertz CT molecular complexity index is 549. The van der Waals surface area contributed by atoms with Crippen LogP contribution in [0.3, 0.4) is 0 Å². The van der Waals surface area contributed by atoms with E-state index >= 15 is 0 Å². The van der Waals surface area contributed by atoms with Gasteiger partial charge in [0.2, 0.25) is 0 Å². The summed E-state index contributed by atoms with van der Waals surface area (Å²) in [5, 5.41) is 8.97. The van der Waals surface area contributed by atoms with Crippen molar-refractivity contribution < 1.29 is 18.3 Å². The molecule has 0 saturated heterocycles. The molecule has 2 heterocycles. The second-order valence-corrected chi connectivity index (χ2v) is 6.84. The van der Waals surface area contributed by atoms with Crippen LogP contribution in [0.25, 0.3) is 0 Å². The molecule has 98 valence electrons. The van der Waals surface area contributed by atoms with E-state index in [1.54, 1.807) is 6.07 Å². The van der Waals surface area contributed by atoms with Crippen LogP contribution in [-0.4, -0.2) is 10.1 Å². The SMILES string of the molecule is OC(c1cnc(C(F)(F)F)s1)c1cc(Br)c(Cl)s1. The summed E-state index contributed by atoms with van der Waals surface area (Å²) >= 11 is 10.5. The van der Waals surface area contributed by atoms with Gasteiger partial charge in [-0.25, -0.2) is 4.98 Å². The summed E-state index contributed by atoms with van der Waals surface area (Å²) in [7, 11) is 0. The minimum Gasteiger partial charge on any atom is -0.382 e. The highest BCUT2D eigenvalue weighted by molar-refractivity contribution is 9.10. The first-order valence-electron chi connectivity index (χ1n) is 4.44. The minimum absolute atomic E-state index is 0.132. The van der Waals surface area contributed by atoms with Crippen molar-refractivity contribution in [1.82, 2.24) is 4.98 Å². The lowest BCUT2D eigenvalue weighted by Crippen LogP contribution is -2.03. The molecule has 0 aliphatic rings. The van der Waals surface area contributed by atoms with E-state index in [1.165, 1.54) is 0 Å². The largest absolute Gasteiger partial charge is 0.443 e. The summed E-state index contributed by atoms with van der Waals surface area (Å²) in [5.74, 6) is 0. The van der Waals surface area contributed by atoms with E-state index in [1.807, 2.05) is 0 Å². The van der Waals surface area contributed by atoms with E-state index in [4.69, 9.17) is 11.6 Å². The Morgan fingerprint density at radius 1 is 1.33 bits per heavy atom. The smallest absolute Gasteiger partial charge is 0.382 e. The van der Waals surface area contributed by atoms with Crippen LogP contribution in [0.2, 0.25) is 4.34 Å². The monoisotopic (exact) mass is 377 g/mol. The Labute approximate surface area is 121 Å². The van der Waals surface area contributed by atoms with Gasteiger partial charge in [0.1, 0.15) is 10.4 Å². The van der Waals surface area contributed by atoms with Crippen LogP contribution in [0, 0.1) is 0 Å². The highest BCUT2D eigenvalue weighted by Gasteiger charge is 2.35. The van der Waals surface area contributed by atoms with Crippen molar-refractivity contribution in [3.8, 4) is 0 Å². The van der Waals surface area contributed by atoms with Crippen LogP contribution in [0.1, 0.15) is 20.9 Å². The molecule has 1 atom stereocenters. The van der Waals surface area contributed by atoms with Gasteiger partial charge in [0, 0.05) is 15.5 Å². The topological polar surface area (TPSA) is 33.1 Å². The van der Waals surface area contributed by atoms with Gasteiger partial charge < -0.3 is 5.11 Å². The van der Waals surface area contributed by atoms with Crippen LogP contribution < -0.4 is 0 Å². The van der Waals surface area contributed by atoms with Gasteiger partial charge in [-0.3, -0.25) is 0 Å². The molecule has 0 aliphatic heterocycles. The van der Waals surface area contributed by atoms with E-state index < -0.39 is 17.3 Å². The number of aromatic nitrogens is 1. The molecule has 0 radical (unpaired) electrons. The number of aliphatic hydroxyl groups excluding tert-OH is 1. The zero-order valence-corrected chi connectivity index (χ0v) is 12.3. The molecule has 2 aromatic rings. The lowest BCUT2D eigenvalue weighted by atomic mass is 10.3. The molecule has 9 heteroatoms. The highest BCUT2D eigenvalue weighted by atomic mass is 79.9. The predicted molar refractivity (Wildman–Crippen MR) is 68.2 cm³/mol. The van der Waals surface area contributed by atoms with Crippen molar-refractivity contribution in [2.24, 2.45) is 0 Å². The van der Waals surface area contributed by atoms with Gasteiger partial charge in [-0.1, -0.05) is 11.6 Å². The van der Waals surface area contributed by atoms with Crippen LogP contribution in [0.5, 0.6) is 0 Å². The number of rotatable bonds is 2. The molecular weight excluding hydrogens is 375 g/mol. The van der Waals surface area contributed by atoms with Gasteiger partial charge >= 0.3 is 6.18 Å². The van der Waals surface area contributed by atoms with Gasteiger partial charge in [-0.05, 0) is 22.0 Å². The molecule has 0 bridgehead atoms. The third-order valence-electron chi connectivity index (χ3n) is 1.97. The first-order valence-corrected chi connectivity index (χ1v) is 7.25. The molecule has 0 aliphatic carbocycles. The van der Waals surface area contributed by atoms with Crippen LogP contribution in [-0.2, 0) is 6.18 Å². The van der Waals surface area contributed by atoms with Crippen molar-refractivity contribution in [3.63, 3.8) is 0 Å². The molecule has 0 amide bonds. The molecule has 18 heavy (non-hydrogen) atoms. The third-order valence-corrected chi connectivity index (χ3v) is 5.59. The molecular formula is C9H4BrClF3NOS2. The van der Waals surface area contributed by atoms with E-state index in [0.29, 0.717) is 25.0 Å². The number of halogens is 5. The Kier molecular flexibility index (Phi) is 4.03. The average molecular weight is 379 g/mol. The molecule has 2 nitrogen and oxygen atoms in total.